The maximum Gasteiger partial charge on any atom is 0.237 e. The van der Waals surface area contributed by atoms with Gasteiger partial charge >= 0.3 is 0 Å². The van der Waals surface area contributed by atoms with Gasteiger partial charge in [-0.2, -0.15) is 4.98 Å². The van der Waals surface area contributed by atoms with Gasteiger partial charge in [0.2, 0.25) is 16.9 Å². The molecule has 0 bridgehead atoms. The van der Waals surface area contributed by atoms with Crippen molar-refractivity contribution in [3.8, 4) is 22.8 Å². The van der Waals surface area contributed by atoms with Crippen LogP contribution in [0.5, 0.6) is 0 Å². The van der Waals surface area contributed by atoms with Crippen LogP contribution in [0.4, 0.5) is 0 Å². The molecule has 6 nitrogen and oxygen atoms in total. The lowest BCUT2D eigenvalue weighted by molar-refractivity contribution is 0.391. The Balaban J connectivity index is 1.44. The van der Waals surface area contributed by atoms with Gasteiger partial charge in [0.1, 0.15) is 0 Å². The minimum absolute atomic E-state index is 0.507. The van der Waals surface area contributed by atoms with Gasteiger partial charge in [-0.15, -0.1) is 5.10 Å². The van der Waals surface area contributed by atoms with Crippen molar-refractivity contribution < 1.29 is 4.52 Å². The van der Waals surface area contributed by atoms with Crippen molar-refractivity contribution in [3.63, 3.8) is 0 Å². The lowest BCUT2D eigenvalue weighted by Gasteiger charge is -1.97. The van der Waals surface area contributed by atoms with E-state index < -0.39 is 0 Å². The molecule has 4 rings (SSSR count). The zero-order valence-corrected chi connectivity index (χ0v) is 15.3. The summed E-state index contributed by atoms with van der Waals surface area (Å²) in [5, 5.41) is 11.8. The number of benzene rings is 2. The van der Waals surface area contributed by atoms with Crippen molar-refractivity contribution in [2.45, 2.75) is 10.9 Å². The van der Waals surface area contributed by atoms with E-state index in [4.69, 9.17) is 4.52 Å². The molecule has 25 heavy (non-hydrogen) atoms. The maximum atomic E-state index is 5.30. The molecule has 0 aliphatic rings. The number of hydrogen-bond donors (Lipinski definition) is 1. The second kappa shape index (κ2) is 7.20. The standard InChI is InChI=1S/C17H12BrN5OS/c18-13-9-5-4-8-12(13)16-20-17(22-21-16)25-10-14-19-15(23-24-14)11-6-2-1-3-7-11/h1-9H,10H2,(H,20,21,22). The molecule has 0 radical (unpaired) electrons. The Morgan fingerprint density at radius 3 is 2.64 bits per heavy atom. The van der Waals surface area contributed by atoms with Crippen molar-refractivity contribution in [1.29, 1.82) is 0 Å². The molecule has 0 saturated carbocycles. The van der Waals surface area contributed by atoms with Crippen molar-refractivity contribution >= 4 is 27.7 Å². The zero-order valence-electron chi connectivity index (χ0n) is 12.9. The van der Waals surface area contributed by atoms with Gasteiger partial charge in [-0.3, -0.25) is 5.10 Å². The monoisotopic (exact) mass is 413 g/mol. The first kappa shape index (κ1) is 16.0. The zero-order chi connectivity index (χ0) is 17.1. The summed E-state index contributed by atoms with van der Waals surface area (Å²) in [7, 11) is 0. The highest BCUT2D eigenvalue weighted by molar-refractivity contribution is 9.10. The first-order valence-corrected chi connectivity index (χ1v) is 9.25. The first-order chi connectivity index (χ1) is 12.3. The number of halogens is 1. The summed E-state index contributed by atoms with van der Waals surface area (Å²) in [6.45, 7) is 0. The van der Waals surface area contributed by atoms with E-state index in [1.165, 1.54) is 11.8 Å². The van der Waals surface area contributed by atoms with Crippen molar-refractivity contribution in [2.24, 2.45) is 0 Å². The summed E-state index contributed by atoms with van der Waals surface area (Å²) in [6.07, 6.45) is 0. The van der Waals surface area contributed by atoms with E-state index >= 15 is 0 Å². The highest BCUT2D eigenvalue weighted by Crippen LogP contribution is 2.27. The summed E-state index contributed by atoms with van der Waals surface area (Å²) in [5.74, 6) is 2.34. The molecule has 0 amide bonds. The van der Waals surface area contributed by atoms with Crippen LogP contribution in [0, 0.1) is 0 Å². The van der Waals surface area contributed by atoms with E-state index in [0.29, 0.717) is 28.4 Å². The van der Waals surface area contributed by atoms with Gasteiger partial charge in [0.25, 0.3) is 0 Å². The van der Waals surface area contributed by atoms with Gasteiger partial charge in [0.15, 0.2) is 5.82 Å². The third-order valence-electron chi connectivity index (χ3n) is 3.42. The van der Waals surface area contributed by atoms with Crippen LogP contribution < -0.4 is 0 Å². The van der Waals surface area contributed by atoms with E-state index in [1.807, 2.05) is 54.6 Å². The molecule has 0 fully saturated rings. The molecule has 124 valence electrons. The minimum Gasteiger partial charge on any atom is -0.338 e. The second-order valence-corrected chi connectivity index (χ2v) is 6.91. The Morgan fingerprint density at radius 1 is 1.00 bits per heavy atom. The molecular formula is C17H12BrN5OS. The number of nitrogens with one attached hydrogen (secondary N) is 1. The second-order valence-electron chi connectivity index (χ2n) is 5.11. The number of rotatable bonds is 5. The van der Waals surface area contributed by atoms with Crippen LogP contribution in [0.25, 0.3) is 22.8 Å². The number of H-pyrrole nitrogens is 1. The topological polar surface area (TPSA) is 80.5 Å². The number of thioether (sulfide) groups is 1. The molecular weight excluding hydrogens is 402 g/mol. The summed E-state index contributed by atoms with van der Waals surface area (Å²) in [4.78, 5) is 8.90. The van der Waals surface area contributed by atoms with Crippen LogP contribution in [-0.4, -0.2) is 25.3 Å². The molecule has 2 aromatic carbocycles. The quantitative estimate of drug-likeness (QED) is 0.482. The van der Waals surface area contributed by atoms with Crippen molar-refractivity contribution in [1.82, 2.24) is 25.3 Å². The van der Waals surface area contributed by atoms with E-state index in [-0.39, 0.29) is 0 Å². The Morgan fingerprint density at radius 2 is 1.80 bits per heavy atom. The fourth-order valence-electron chi connectivity index (χ4n) is 2.23. The predicted octanol–water partition coefficient (Wildman–Crippen LogP) is 4.58. The number of aromatic amines is 1. The summed E-state index contributed by atoms with van der Waals surface area (Å²) in [5.41, 5.74) is 1.89. The van der Waals surface area contributed by atoms with E-state index in [1.54, 1.807) is 0 Å². The van der Waals surface area contributed by atoms with Gasteiger partial charge in [0.05, 0.1) is 5.75 Å². The Bertz CT molecular complexity index is 985. The Hall–Kier alpha value is -2.45. The molecule has 2 aromatic heterocycles. The fourth-order valence-corrected chi connectivity index (χ4v) is 3.34. The van der Waals surface area contributed by atoms with Crippen LogP contribution in [0.1, 0.15) is 5.89 Å². The van der Waals surface area contributed by atoms with Gasteiger partial charge in [0, 0.05) is 15.6 Å². The highest BCUT2D eigenvalue weighted by atomic mass is 79.9. The molecule has 4 aromatic rings. The molecule has 0 saturated heterocycles. The van der Waals surface area contributed by atoms with Crippen LogP contribution in [0.2, 0.25) is 0 Å². The fraction of sp³-hybridized carbons (Fsp3) is 0.0588. The molecule has 2 heterocycles. The average molecular weight is 414 g/mol. The van der Waals surface area contributed by atoms with Gasteiger partial charge in [-0.25, -0.2) is 4.98 Å². The van der Waals surface area contributed by atoms with E-state index in [2.05, 4.69) is 41.3 Å². The Kier molecular flexibility index (Phi) is 4.62. The summed E-state index contributed by atoms with van der Waals surface area (Å²) >= 11 is 4.95. The molecule has 0 aliphatic heterocycles. The smallest absolute Gasteiger partial charge is 0.237 e. The third kappa shape index (κ3) is 3.64. The van der Waals surface area contributed by atoms with Crippen LogP contribution in [0.3, 0.4) is 0 Å². The summed E-state index contributed by atoms with van der Waals surface area (Å²) < 4.78 is 6.26. The Labute approximate surface area is 156 Å². The largest absolute Gasteiger partial charge is 0.338 e. The summed E-state index contributed by atoms with van der Waals surface area (Å²) in [6, 6.07) is 17.6. The van der Waals surface area contributed by atoms with Crippen molar-refractivity contribution in [3.05, 3.63) is 65.0 Å². The van der Waals surface area contributed by atoms with Gasteiger partial charge in [-0.05, 0) is 6.07 Å². The first-order valence-electron chi connectivity index (χ1n) is 7.48. The van der Waals surface area contributed by atoms with Crippen LogP contribution in [0.15, 0.2) is 68.7 Å². The van der Waals surface area contributed by atoms with Crippen LogP contribution >= 0.6 is 27.7 Å². The molecule has 0 spiro atoms. The lowest BCUT2D eigenvalue weighted by Crippen LogP contribution is -1.84. The molecule has 0 atom stereocenters. The molecule has 0 aliphatic carbocycles. The molecule has 0 unspecified atom stereocenters. The normalized spacial score (nSPS) is 10.9. The highest BCUT2D eigenvalue weighted by Gasteiger charge is 2.12. The maximum absolute atomic E-state index is 5.30. The number of hydrogen-bond acceptors (Lipinski definition) is 6. The average Bonchev–Trinajstić information content (AvgIpc) is 3.31. The minimum atomic E-state index is 0.507. The van der Waals surface area contributed by atoms with Crippen molar-refractivity contribution in [2.75, 3.05) is 0 Å². The van der Waals surface area contributed by atoms with E-state index in [0.717, 1.165) is 15.6 Å². The number of nitrogens with zero attached hydrogens (tertiary/aromatic N) is 4. The van der Waals surface area contributed by atoms with E-state index in [9.17, 15) is 0 Å². The lowest BCUT2D eigenvalue weighted by atomic mass is 10.2. The number of aromatic nitrogens is 5. The van der Waals surface area contributed by atoms with Crippen LogP contribution in [-0.2, 0) is 5.75 Å². The van der Waals surface area contributed by atoms with Gasteiger partial charge in [-0.1, -0.05) is 81.4 Å². The predicted molar refractivity (Wildman–Crippen MR) is 98.8 cm³/mol. The third-order valence-corrected chi connectivity index (χ3v) is 4.94. The van der Waals surface area contributed by atoms with Gasteiger partial charge < -0.3 is 4.52 Å². The molecule has 1 N–H and O–H groups in total. The molecule has 8 heteroatoms. The SMILES string of the molecule is Brc1ccccc1-c1nc(SCc2nc(-c3ccccc3)no2)n[nH]1.